The molecule has 0 saturated heterocycles. The molecule has 0 radical (unpaired) electrons. The Morgan fingerprint density at radius 1 is 1.44 bits per heavy atom. The summed E-state index contributed by atoms with van der Waals surface area (Å²) in [4.78, 5) is 16.1. The highest BCUT2D eigenvalue weighted by molar-refractivity contribution is 5.82. The molecule has 94 valence electrons. The molecule has 18 heavy (non-hydrogen) atoms. The van der Waals surface area contributed by atoms with Gasteiger partial charge in [-0.15, -0.1) is 0 Å². The third-order valence-corrected chi connectivity index (χ3v) is 3.25. The summed E-state index contributed by atoms with van der Waals surface area (Å²) in [5.41, 5.74) is 0.512. The quantitative estimate of drug-likeness (QED) is 0.870. The minimum atomic E-state index is 0.174. The number of rotatable bonds is 4. The Hall–Kier alpha value is -2.05. The van der Waals surface area contributed by atoms with Crippen molar-refractivity contribution in [2.45, 2.75) is 32.1 Å². The van der Waals surface area contributed by atoms with E-state index in [4.69, 9.17) is 4.52 Å². The van der Waals surface area contributed by atoms with Crippen LogP contribution in [0.15, 0.2) is 10.7 Å². The van der Waals surface area contributed by atoms with E-state index in [-0.39, 0.29) is 18.1 Å². The molecule has 1 fully saturated rings. The molecular formula is C11H13N5O2. The molecule has 3 rings (SSSR count). The number of nitrogens with zero attached hydrogens (tertiary/aromatic N) is 4. The summed E-state index contributed by atoms with van der Waals surface area (Å²) in [6.07, 6.45) is 5.99. The van der Waals surface area contributed by atoms with Gasteiger partial charge in [-0.05, 0) is 12.8 Å². The molecular weight excluding hydrogens is 234 g/mol. The lowest BCUT2D eigenvalue weighted by Gasteiger charge is -2.04. The highest BCUT2D eigenvalue weighted by Gasteiger charge is 2.24. The Bertz CT molecular complexity index is 527. The lowest BCUT2D eigenvalue weighted by Crippen LogP contribution is -2.13. The third-order valence-electron chi connectivity index (χ3n) is 3.25. The summed E-state index contributed by atoms with van der Waals surface area (Å²) >= 11 is 0. The van der Waals surface area contributed by atoms with Gasteiger partial charge in [-0.25, -0.2) is 0 Å². The van der Waals surface area contributed by atoms with Gasteiger partial charge in [0.05, 0.1) is 12.6 Å². The van der Waals surface area contributed by atoms with E-state index in [9.17, 15) is 4.79 Å². The van der Waals surface area contributed by atoms with Crippen LogP contribution in [-0.2, 0) is 11.2 Å². The second kappa shape index (κ2) is 4.67. The zero-order valence-electron chi connectivity index (χ0n) is 9.80. The van der Waals surface area contributed by atoms with Gasteiger partial charge in [0.25, 0.3) is 0 Å². The average Bonchev–Trinajstić information content (AvgIpc) is 3.12. The average molecular weight is 247 g/mol. The second-order valence-corrected chi connectivity index (χ2v) is 4.49. The maximum absolute atomic E-state index is 11.9. The van der Waals surface area contributed by atoms with Gasteiger partial charge in [0.1, 0.15) is 5.78 Å². The highest BCUT2D eigenvalue weighted by atomic mass is 16.5. The van der Waals surface area contributed by atoms with E-state index >= 15 is 0 Å². The molecule has 7 heteroatoms. The molecule has 0 unspecified atom stereocenters. The lowest BCUT2D eigenvalue weighted by molar-refractivity contribution is -0.122. The molecule has 2 heterocycles. The van der Waals surface area contributed by atoms with Crippen molar-refractivity contribution in [3.8, 4) is 11.5 Å². The van der Waals surface area contributed by atoms with Crippen LogP contribution in [0.4, 0.5) is 0 Å². The molecule has 0 aliphatic heterocycles. The standard InChI is InChI=1S/C11H13N5O2/c17-9(7-3-1-2-4-7)5-10-13-11(15-18-10)8-6-12-16-14-8/h6-7H,1-5H2,(H,12,14,16). The van der Waals surface area contributed by atoms with Crippen LogP contribution in [0.3, 0.4) is 0 Å². The van der Waals surface area contributed by atoms with Gasteiger partial charge in [0, 0.05) is 5.92 Å². The number of aromatic nitrogens is 5. The predicted molar refractivity (Wildman–Crippen MR) is 60.3 cm³/mol. The summed E-state index contributed by atoms with van der Waals surface area (Å²) in [6, 6.07) is 0. The molecule has 0 spiro atoms. The largest absolute Gasteiger partial charge is 0.338 e. The highest BCUT2D eigenvalue weighted by Crippen LogP contribution is 2.26. The Morgan fingerprint density at radius 2 is 2.28 bits per heavy atom. The monoisotopic (exact) mass is 247 g/mol. The van der Waals surface area contributed by atoms with E-state index in [1.807, 2.05) is 0 Å². The van der Waals surface area contributed by atoms with Gasteiger partial charge >= 0.3 is 0 Å². The number of aromatic amines is 1. The van der Waals surface area contributed by atoms with Crippen LogP contribution >= 0.6 is 0 Å². The van der Waals surface area contributed by atoms with Crippen LogP contribution < -0.4 is 0 Å². The van der Waals surface area contributed by atoms with Gasteiger partial charge in [0.2, 0.25) is 11.7 Å². The van der Waals surface area contributed by atoms with Gasteiger partial charge in [-0.1, -0.05) is 18.0 Å². The van der Waals surface area contributed by atoms with Crippen molar-refractivity contribution in [2.24, 2.45) is 5.92 Å². The van der Waals surface area contributed by atoms with Crippen molar-refractivity contribution in [1.82, 2.24) is 25.6 Å². The Labute approximate surface area is 103 Å². The minimum Gasteiger partial charge on any atom is -0.338 e. The van der Waals surface area contributed by atoms with Crippen molar-refractivity contribution in [1.29, 1.82) is 0 Å². The predicted octanol–water partition coefficient (Wildman–Crippen LogP) is 1.16. The summed E-state index contributed by atoms with van der Waals surface area (Å²) in [6.45, 7) is 0. The summed E-state index contributed by atoms with van der Waals surface area (Å²) in [7, 11) is 0. The van der Waals surface area contributed by atoms with Gasteiger partial charge < -0.3 is 4.52 Å². The van der Waals surface area contributed by atoms with Crippen LogP contribution in [0.2, 0.25) is 0 Å². The zero-order chi connectivity index (χ0) is 12.4. The molecule has 2 aromatic rings. The van der Waals surface area contributed by atoms with E-state index in [1.54, 1.807) is 0 Å². The van der Waals surface area contributed by atoms with Crippen LogP contribution in [0.25, 0.3) is 11.5 Å². The first-order valence-corrected chi connectivity index (χ1v) is 6.04. The molecule has 1 saturated carbocycles. The van der Waals surface area contributed by atoms with E-state index in [0.29, 0.717) is 17.4 Å². The van der Waals surface area contributed by atoms with Crippen LogP contribution in [-0.4, -0.2) is 31.3 Å². The fraction of sp³-hybridized carbons (Fsp3) is 0.545. The number of H-pyrrole nitrogens is 1. The number of carbonyl (C=O) groups is 1. The number of Topliss-reactive ketones (excluding diaryl/α,β-unsaturated/α-hetero) is 1. The fourth-order valence-electron chi connectivity index (χ4n) is 2.28. The number of carbonyl (C=O) groups excluding carboxylic acids is 1. The molecule has 1 aliphatic rings. The second-order valence-electron chi connectivity index (χ2n) is 4.49. The maximum Gasteiger partial charge on any atom is 0.234 e. The van der Waals surface area contributed by atoms with Crippen LogP contribution in [0, 0.1) is 5.92 Å². The molecule has 2 aromatic heterocycles. The zero-order valence-corrected chi connectivity index (χ0v) is 9.80. The van der Waals surface area contributed by atoms with Crippen molar-refractivity contribution < 1.29 is 9.32 Å². The molecule has 0 aromatic carbocycles. The maximum atomic E-state index is 11.9. The SMILES string of the molecule is O=C(Cc1nc(-c2cn[nH]n2)no1)C1CCCC1. The molecule has 0 bridgehead atoms. The summed E-state index contributed by atoms with van der Waals surface area (Å²) in [5.74, 6) is 1.08. The normalized spacial score (nSPS) is 16.2. The van der Waals surface area contributed by atoms with Crippen molar-refractivity contribution in [3.63, 3.8) is 0 Å². The third kappa shape index (κ3) is 2.15. The smallest absolute Gasteiger partial charge is 0.234 e. The van der Waals surface area contributed by atoms with Crippen molar-refractivity contribution in [2.75, 3.05) is 0 Å². The van der Waals surface area contributed by atoms with E-state index in [1.165, 1.54) is 6.20 Å². The Balaban J connectivity index is 1.68. The topological polar surface area (TPSA) is 97.6 Å². The first-order chi connectivity index (χ1) is 8.83. The van der Waals surface area contributed by atoms with E-state index in [0.717, 1.165) is 25.7 Å². The van der Waals surface area contributed by atoms with Crippen molar-refractivity contribution >= 4 is 5.78 Å². The molecule has 0 amide bonds. The Morgan fingerprint density at radius 3 is 3.00 bits per heavy atom. The number of hydrogen-bond acceptors (Lipinski definition) is 6. The minimum absolute atomic E-state index is 0.174. The van der Waals surface area contributed by atoms with E-state index in [2.05, 4.69) is 25.6 Å². The first kappa shape index (κ1) is 11.1. The number of nitrogens with one attached hydrogen (secondary N) is 1. The summed E-state index contributed by atoms with van der Waals surface area (Å²) < 4.78 is 5.06. The summed E-state index contributed by atoms with van der Waals surface area (Å²) in [5, 5.41) is 13.8. The van der Waals surface area contributed by atoms with Crippen LogP contribution in [0.1, 0.15) is 31.6 Å². The molecule has 0 atom stereocenters. The van der Waals surface area contributed by atoms with Gasteiger partial charge in [-0.2, -0.15) is 20.4 Å². The molecule has 1 aliphatic carbocycles. The van der Waals surface area contributed by atoms with Gasteiger partial charge in [0.15, 0.2) is 5.69 Å². The number of hydrogen-bond donors (Lipinski definition) is 1. The molecule has 7 nitrogen and oxygen atoms in total. The van der Waals surface area contributed by atoms with E-state index < -0.39 is 0 Å². The van der Waals surface area contributed by atoms with Gasteiger partial charge in [-0.3, -0.25) is 4.79 Å². The lowest BCUT2D eigenvalue weighted by atomic mass is 10.0. The van der Waals surface area contributed by atoms with Crippen LogP contribution in [0.5, 0.6) is 0 Å². The van der Waals surface area contributed by atoms with Crippen molar-refractivity contribution in [3.05, 3.63) is 12.1 Å². The number of ketones is 1. The fourth-order valence-corrected chi connectivity index (χ4v) is 2.28. The first-order valence-electron chi connectivity index (χ1n) is 6.04. The Kier molecular flexibility index (Phi) is 2.87. The molecule has 1 N–H and O–H groups in total.